The van der Waals surface area contributed by atoms with Gasteiger partial charge in [-0.05, 0) is 50.3 Å². The van der Waals surface area contributed by atoms with Crippen molar-refractivity contribution in [3.05, 3.63) is 69.3 Å². The van der Waals surface area contributed by atoms with Crippen LogP contribution in [-0.2, 0) is 12.8 Å². The first kappa shape index (κ1) is 14.5. The molecule has 0 saturated carbocycles. The Hall–Kier alpha value is -2.81. The minimum Gasteiger partial charge on any atom is -0.463 e. The Bertz CT molecular complexity index is 1190. The molecule has 1 aliphatic carbocycles. The normalized spacial score (nSPS) is 13.7. The van der Waals surface area contributed by atoms with Gasteiger partial charge in [0.1, 0.15) is 11.2 Å². The summed E-state index contributed by atoms with van der Waals surface area (Å²) in [5.41, 5.74) is 7.64. The average molecular weight is 330 g/mol. The van der Waals surface area contributed by atoms with Crippen molar-refractivity contribution in [1.29, 1.82) is 0 Å². The molecule has 4 aromatic rings. The molecule has 2 heterocycles. The summed E-state index contributed by atoms with van der Waals surface area (Å²) in [5.74, 6) is 0. The maximum Gasteiger partial charge on any atom is 0.339 e. The zero-order valence-corrected chi connectivity index (χ0v) is 14.3. The second-order valence-electron chi connectivity index (χ2n) is 6.97. The summed E-state index contributed by atoms with van der Waals surface area (Å²) in [6.45, 7) is 4.05. The molecule has 0 spiro atoms. The summed E-state index contributed by atoms with van der Waals surface area (Å²) in [6.07, 6.45) is 4.59. The molecule has 0 saturated heterocycles. The van der Waals surface area contributed by atoms with Crippen molar-refractivity contribution < 1.29 is 8.83 Å². The lowest BCUT2D eigenvalue weighted by Crippen LogP contribution is -2.07. The molecule has 0 bridgehead atoms. The predicted octanol–water partition coefficient (Wildman–Crippen LogP) is 5.31. The molecule has 0 unspecified atom stereocenters. The second-order valence-corrected chi connectivity index (χ2v) is 6.97. The van der Waals surface area contributed by atoms with Crippen LogP contribution in [-0.4, -0.2) is 0 Å². The molecule has 0 amide bonds. The first-order valence-electron chi connectivity index (χ1n) is 8.70. The van der Waals surface area contributed by atoms with Crippen molar-refractivity contribution >= 4 is 21.9 Å². The third kappa shape index (κ3) is 2.02. The topological polar surface area (TPSA) is 43.4 Å². The Labute approximate surface area is 144 Å². The first-order chi connectivity index (χ1) is 12.1. The third-order valence-corrected chi connectivity index (χ3v) is 5.39. The highest BCUT2D eigenvalue weighted by Gasteiger charge is 2.23. The smallest absolute Gasteiger partial charge is 0.339 e. The molecule has 0 radical (unpaired) electrons. The van der Waals surface area contributed by atoms with Gasteiger partial charge in [-0.15, -0.1) is 0 Å². The highest BCUT2D eigenvalue weighted by atomic mass is 16.4. The van der Waals surface area contributed by atoms with Crippen LogP contribution >= 0.6 is 0 Å². The fraction of sp³-hybridized carbons (Fsp3) is 0.227. The number of hydrogen-bond acceptors (Lipinski definition) is 3. The van der Waals surface area contributed by atoms with E-state index in [-0.39, 0.29) is 5.63 Å². The van der Waals surface area contributed by atoms with E-state index in [9.17, 15) is 4.79 Å². The first-order valence-corrected chi connectivity index (χ1v) is 8.70. The van der Waals surface area contributed by atoms with E-state index in [2.05, 4.69) is 37.3 Å². The Morgan fingerprint density at radius 2 is 1.68 bits per heavy atom. The fourth-order valence-corrected chi connectivity index (χ4v) is 4.05. The SMILES string of the molecule is Cc1ccc(-c2coc3c(C)c4oc(=O)c5c(c4cc23)CCC5)cc1. The van der Waals surface area contributed by atoms with E-state index in [4.69, 9.17) is 8.83 Å². The van der Waals surface area contributed by atoms with Crippen molar-refractivity contribution in [2.24, 2.45) is 0 Å². The van der Waals surface area contributed by atoms with E-state index in [1.807, 2.05) is 6.92 Å². The molecular formula is C22H18O3. The largest absolute Gasteiger partial charge is 0.463 e. The minimum atomic E-state index is -0.187. The van der Waals surface area contributed by atoms with E-state index in [0.29, 0.717) is 5.58 Å². The molecule has 25 heavy (non-hydrogen) atoms. The van der Waals surface area contributed by atoms with Crippen molar-refractivity contribution in [3.8, 4) is 11.1 Å². The molecule has 2 aromatic heterocycles. The highest BCUT2D eigenvalue weighted by Crippen LogP contribution is 2.38. The number of aryl methyl sites for hydroxylation is 3. The van der Waals surface area contributed by atoms with Gasteiger partial charge < -0.3 is 8.83 Å². The van der Waals surface area contributed by atoms with Gasteiger partial charge in [-0.2, -0.15) is 0 Å². The van der Waals surface area contributed by atoms with Crippen LogP contribution in [0.1, 0.15) is 28.7 Å². The maximum absolute atomic E-state index is 12.3. The predicted molar refractivity (Wildman–Crippen MR) is 99.2 cm³/mol. The van der Waals surface area contributed by atoms with Gasteiger partial charge in [0.2, 0.25) is 0 Å². The molecule has 0 atom stereocenters. The number of fused-ring (bicyclic) bond motifs is 4. The fourth-order valence-electron chi connectivity index (χ4n) is 4.05. The molecule has 0 fully saturated rings. The lowest BCUT2D eigenvalue weighted by atomic mass is 9.98. The van der Waals surface area contributed by atoms with Crippen LogP contribution in [0.3, 0.4) is 0 Å². The van der Waals surface area contributed by atoms with Crippen LogP contribution in [0.25, 0.3) is 33.1 Å². The summed E-state index contributed by atoms with van der Waals surface area (Å²) in [6, 6.07) is 10.6. The Morgan fingerprint density at radius 1 is 0.920 bits per heavy atom. The van der Waals surface area contributed by atoms with E-state index in [1.165, 1.54) is 5.56 Å². The molecule has 3 heteroatoms. The standard InChI is InChI=1S/C22H18O3/c1-12-6-8-14(9-7-12)19-11-24-20-13(2)21-17(10-18(19)20)15-4-3-5-16(15)22(23)25-21/h6-11H,3-5H2,1-2H3. The summed E-state index contributed by atoms with van der Waals surface area (Å²) in [7, 11) is 0. The lowest BCUT2D eigenvalue weighted by Gasteiger charge is -2.08. The summed E-state index contributed by atoms with van der Waals surface area (Å²) < 4.78 is 11.5. The van der Waals surface area contributed by atoms with Gasteiger partial charge in [-0.25, -0.2) is 4.79 Å². The molecule has 3 nitrogen and oxygen atoms in total. The Kier molecular flexibility index (Phi) is 2.96. The van der Waals surface area contributed by atoms with Crippen molar-refractivity contribution in [3.63, 3.8) is 0 Å². The molecule has 1 aliphatic rings. The number of furan rings is 1. The Balaban J connectivity index is 1.88. The molecule has 0 N–H and O–H groups in total. The van der Waals surface area contributed by atoms with E-state index in [1.54, 1.807) is 6.26 Å². The molecule has 124 valence electrons. The quantitative estimate of drug-likeness (QED) is 0.444. The third-order valence-electron chi connectivity index (χ3n) is 5.39. The van der Waals surface area contributed by atoms with Crippen LogP contribution in [0.5, 0.6) is 0 Å². The van der Waals surface area contributed by atoms with Crippen LogP contribution in [0, 0.1) is 13.8 Å². The highest BCUT2D eigenvalue weighted by molar-refractivity contribution is 6.05. The zero-order valence-electron chi connectivity index (χ0n) is 14.3. The van der Waals surface area contributed by atoms with Gasteiger partial charge in [0, 0.05) is 27.5 Å². The van der Waals surface area contributed by atoms with Crippen molar-refractivity contribution in [1.82, 2.24) is 0 Å². The van der Waals surface area contributed by atoms with Crippen molar-refractivity contribution in [2.45, 2.75) is 33.1 Å². The average Bonchev–Trinajstić information content (AvgIpc) is 3.25. The van der Waals surface area contributed by atoms with Gasteiger partial charge >= 0.3 is 5.63 Å². The number of hydrogen-bond donors (Lipinski definition) is 0. The van der Waals surface area contributed by atoms with Crippen LogP contribution in [0.15, 0.2) is 50.2 Å². The van der Waals surface area contributed by atoms with E-state index < -0.39 is 0 Å². The van der Waals surface area contributed by atoms with Gasteiger partial charge in [-0.1, -0.05) is 29.8 Å². The zero-order chi connectivity index (χ0) is 17.1. The molecular weight excluding hydrogens is 312 g/mol. The van der Waals surface area contributed by atoms with Gasteiger partial charge in [-0.3, -0.25) is 0 Å². The van der Waals surface area contributed by atoms with Gasteiger partial charge in [0.05, 0.1) is 6.26 Å². The second kappa shape index (κ2) is 5.09. The number of rotatable bonds is 1. The van der Waals surface area contributed by atoms with Crippen LogP contribution in [0.2, 0.25) is 0 Å². The van der Waals surface area contributed by atoms with E-state index in [0.717, 1.165) is 63.4 Å². The van der Waals surface area contributed by atoms with Crippen molar-refractivity contribution in [2.75, 3.05) is 0 Å². The molecule has 0 aliphatic heterocycles. The van der Waals surface area contributed by atoms with Gasteiger partial charge in [0.25, 0.3) is 0 Å². The number of benzene rings is 2. The minimum absolute atomic E-state index is 0.187. The molecule has 2 aromatic carbocycles. The van der Waals surface area contributed by atoms with Gasteiger partial charge in [0.15, 0.2) is 0 Å². The Morgan fingerprint density at radius 3 is 2.48 bits per heavy atom. The summed E-state index contributed by atoms with van der Waals surface area (Å²) in [5, 5.41) is 2.14. The summed E-state index contributed by atoms with van der Waals surface area (Å²) in [4.78, 5) is 12.3. The monoisotopic (exact) mass is 330 g/mol. The summed E-state index contributed by atoms with van der Waals surface area (Å²) >= 11 is 0. The van der Waals surface area contributed by atoms with Crippen LogP contribution < -0.4 is 5.63 Å². The lowest BCUT2D eigenvalue weighted by molar-refractivity contribution is 0.548. The van der Waals surface area contributed by atoms with Crippen LogP contribution in [0.4, 0.5) is 0 Å². The van der Waals surface area contributed by atoms with E-state index >= 15 is 0 Å². The maximum atomic E-state index is 12.3. The molecule has 5 rings (SSSR count).